The third-order valence-corrected chi connectivity index (χ3v) is 5.26. The largest absolute Gasteiger partial charge is 0.378 e. The summed E-state index contributed by atoms with van der Waals surface area (Å²) < 4.78 is 33.6. The number of hydrogen-bond donors (Lipinski definition) is 1. The molecule has 0 unspecified atom stereocenters. The summed E-state index contributed by atoms with van der Waals surface area (Å²) in [5.41, 5.74) is -0.402. The van der Waals surface area contributed by atoms with E-state index in [0.29, 0.717) is 41.8 Å². The van der Waals surface area contributed by atoms with Crippen molar-refractivity contribution in [2.45, 2.75) is 6.54 Å². The van der Waals surface area contributed by atoms with Gasteiger partial charge in [0.05, 0.1) is 18.9 Å². The van der Waals surface area contributed by atoms with Crippen molar-refractivity contribution < 1.29 is 18.3 Å². The number of amides is 1. The van der Waals surface area contributed by atoms with Gasteiger partial charge in [-0.05, 0) is 12.1 Å². The Labute approximate surface area is 161 Å². The number of hydrogen-bond acceptors (Lipinski definition) is 7. The number of nitrogens with one attached hydrogen (secondary N) is 1. The zero-order valence-corrected chi connectivity index (χ0v) is 15.3. The molecule has 0 aliphatic carbocycles. The third-order valence-electron chi connectivity index (χ3n) is 4.17. The Balaban J connectivity index is 1.55. The molecule has 11 heteroatoms. The second-order valence-electron chi connectivity index (χ2n) is 6.10. The van der Waals surface area contributed by atoms with Crippen molar-refractivity contribution >= 4 is 38.4 Å². The molecular weight excluding hydrogens is 392 g/mol. The fourth-order valence-electron chi connectivity index (χ4n) is 2.78. The van der Waals surface area contributed by atoms with Crippen LogP contribution in [0.15, 0.2) is 29.3 Å². The van der Waals surface area contributed by atoms with E-state index >= 15 is 0 Å². The van der Waals surface area contributed by atoms with Crippen molar-refractivity contribution in [3.05, 3.63) is 46.5 Å². The first-order valence-electron chi connectivity index (χ1n) is 8.45. The summed E-state index contributed by atoms with van der Waals surface area (Å²) in [7, 11) is 0. The maximum atomic E-state index is 13.7. The Kier molecular flexibility index (Phi) is 5.01. The molecule has 8 nitrogen and oxygen atoms in total. The van der Waals surface area contributed by atoms with Crippen LogP contribution in [0.5, 0.6) is 0 Å². The highest BCUT2D eigenvalue weighted by molar-refractivity contribution is 7.22. The average Bonchev–Trinajstić information content (AvgIpc) is 3.13. The van der Waals surface area contributed by atoms with Crippen LogP contribution in [0, 0.1) is 11.6 Å². The Morgan fingerprint density at radius 1 is 1.29 bits per heavy atom. The number of anilines is 2. The predicted octanol–water partition coefficient (Wildman–Crippen LogP) is 1.61. The van der Waals surface area contributed by atoms with E-state index in [1.54, 1.807) is 0 Å². The van der Waals surface area contributed by atoms with Gasteiger partial charge in [-0.25, -0.2) is 13.8 Å². The smallest absolute Gasteiger partial charge is 0.273 e. The van der Waals surface area contributed by atoms with Gasteiger partial charge in [0.15, 0.2) is 10.8 Å². The lowest BCUT2D eigenvalue weighted by atomic mass is 10.3. The molecule has 146 valence electrons. The minimum Gasteiger partial charge on any atom is -0.378 e. The number of aromatic nitrogens is 3. The minimum atomic E-state index is -0.770. The van der Waals surface area contributed by atoms with E-state index in [4.69, 9.17) is 4.74 Å². The SMILES string of the molecule is O=C(Cn1cnc2nc(N3CCOCC3)sc2c1=O)Nc1cc(F)ccc1F. The predicted molar refractivity (Wildman–Crippen MR) is 99.7 cm³/mol. The number of fused-ring (bicyclic) bond motifs is 1. The molecule has 0 radical (unpaired) electrons. The molecule has 0 saturated carbocycles. The molecule has 1 aliphatic rings. The summed E-state index contributed by atoms with van der Waals surface area (Å²) in [5.74, 6) is -2.13. The van der Waals surface area contributed by atoms with Crippen molar-refractivity contribution in [1.29, 1.82) is 0 Å². The summed E-state index contributed by atoms with van der Waals surface area (Å²) in [6.07, 6.45) is 1.22. The topological polar surface area (TPSA) is 89.3 Å². The van der Waals surface area contributed by atoms with E-state index in [1.807, 2.05) is 4.90 Å². The van der Waals surface area contributed by atoms with Crippen LogP contribution in [0.25, 0.3) is 10.3 Å². The van der Waals surface area contributed by atoms with Crippen LogP contribution in [-0.2, 0) is 16.1 Å². The Morgan fingerprint density at radius 3 is 2.86 bits per heavy atom. The van der Waals surface area contributed by atoms with Crippen LogP contribution in [0.4, 0.5) is 19.6 Å². The van der Waals surface area contributed by atoms with E-state index < -0.39 is 23.1 Å². The molecule has 1 aromatic carbocycles. The molecule has 0 spiro atoms. The number of thiazole rings is 1. The number of rotatable bonds is 4. The maximum absolute atomic E-state index is 13.7. The molecule has 1 amide bonds. The first kappa shape index (κ1) is 18.4. The molecule has 1 N–H and O–H groups in total. The lowest BCUT2D eigenvalue weighted by Gasteiger charge is -2.25. The summed E-state index contributed by atoms with van der Waals surface area (Å²) >= 11 is 1.20. The molecule has 28 heavy (non-hydrogen) atoms. The number of benzene rings is 1. The van der Waals surface area contributed by atoms with Crippen LogP contribution in [0.2, 0.25) is 0 Å². The second kappa shape index (κ2) is 7.60. The number of halogens is 2. The quantitative estimate of drug-likeness (QED) is 0.707. The molecule has 0 bridgehead atoms. The second-order valence-corrected chi connectivity index (χ2v) is 7.08. The van der Waals surface area contributed by atoms with Crippen LogP contribution >= 0.6 is 11.3 Å². The molecular formula is C17H15F2N5O3S. The Hall–Kier alpha value is -2.92. The minimum absolute atomic E-state index is 0.292. The van der Waals surface area contributed by atoms with Gasteiger partial charge in [0.1, 0.15) is 29.2 Å². The molecule has 4 rings (SSSR count). The van der Waals surface area contributed by atoms with Gasteiger partial charge in [-0.1, -0.05) is 11.3 Å². The van der Waals surface area contributed by atoms with Gasteiger partial charge in [-0.2, -0.15) is 4.98 Å². The van der Waals surface area contributed by atoms with Crippen molar-refractivity contribution in [3.8, 4) is 0 Å². The molecule has 3 aromatic rings. The Morgan fingerprint density at radius 2 is 2.07 bits per heavy atom. The standard InChI is InChI=1S/C17H15F2N5O3S/c18-10-1-2-11(19)12(7-10)21-13(25)8-24-9-20-15-14(16(24)26)28-17(22-15)23-3-5-27-6-4-23/h1-2,7,9H,3-6,8H2,(H,21,25). The lowest BCUT2D eigenvalue weighted by molar-refractivity contribution is -0.116. The van der Waals surface area contributed by atoms with Crippen LogP contribution in [0.3, 0.4) is 0 Å². The zero-order valence-electron chi connectivity index (χ0n) is 14.5. The molecule has 1 fully saturated rings. The molecule has 3 heterocycles. The van der Waals surface area contributed by atoms with Gasteiger partial charge in [0.25, 0.3) is 5.56 Å². The van der Waals surface area contributed by atoms with E-state index in [0.717, 1.165) is 22.8 Å². The first-order chi connectivity index (χ1) is 13.5. The maximum Gasteiger partial charge on any atom is 0.273 e. The summed E-state index contributed by atoms with van der Waals surface area (Å²) in [6, 6.07) is 2.73. The number of morpholine rings is 1. The molecule has 1 aliphatic heterocycles. The van der Waals surface area contributed by atoms with Gasteiger partial charge in [0, 0.05) is 19.2 Å². The monoisotopic (exact) mass is 407 g/mol. The van der Waals surface area contributed by atoms with Gasteiger partial charge < -0.3 is 15.0 Å². The Bertz CT molecular complexity index is 1090. The van der Waals surface area contributed by atoms with E-state index in [9.17, 15) is 18.4 Å². The zero-order chi connectivity index (χ0) is 19.7. The molecule has 1 saturated heterocycles. The molecule has 0 atom stereocenters. The van der Waals surface area contributed by atoms with Crippen LogP contribution < -0.4 is 15.8 Å². The van der Waals surface area contributed by atoms with Crippen molar-refractivity contribution in [1.82, 2.24) is 14.5 Å². The fourth-order valence-corrected chi connectivity index (χ4v) is 3.80. The average molecular weight is 407 g/mol. The summed E-state index contributed by atoms with van der Waals surface area (Å²) in [4.78, 5) is 35.4. The van der Waals surface area contributed by atoms with Gasteiger partial charge in [-0.15, -0.1) is 0 Å². The highest BCUT2D eigenvalue weighted by atomic mass is 32.1. The van der Waals surface area contributed by atoms with E-state index in [2.05, 4.69) is 15.3 Å². The van der Waals surface area contributed by atoms with E-state index in [1.165, 1.54) is 17.7 Å². The number of carbonyl (C=O) groups is 1. The van der Waals surface area contributed by atoms with Crippen LogP contribution in [0.1, 0.15) is 0 Å². The van der Waals surface area contributed by atoms with Crippen molar-refractivity contribution in [2.75, 3.05) is 36.5 Å². The normalized spacial score (nSPS) is 14.4. The fraction of sp³-hybridized carbons (Fsp3) is 0.294. The molecule has 2 aromatic heterocycles. The lowest BCUT2D eigenvalue weighted by Crippen LogP contribution is -2.36. The van der Waals surface area contributed by atoms with Gasteiger partial charge in [0.2, 0.25) is 5.91 Å². The number of nitrogens with zero attached hydrogens (tertiary/aromatic N) is 4. The third kappa shape index (κ3) is 3.71. The van der Waals surface area contributed by atoms with Gasteiger partial charge in [-0.3, -0.25) is 14.2 Å². The van der Waals surface area contributed by atoms with Gasteiger partial charge >= 0.3 is 0 Å². The highest BCUT2D eigenvalue weighted by Gasteiger charge is 2.19. The van der Waals surface area contributed by atoms with Crippen molar-refractivity contribution in [3.63, 3.8) is 0 Å². The number of carbonyl (C=O) groups excluding carboxylic acids is 1. The summed E-state index contributed by atoms with van der Waals surface area (Å²) in [5, 5.41) is 2.93. The van der Waals surface area contributed by atoms with E-state index in [-0.39, 0.29) is 12.2 Å². The number of ether oxygens (including phenoxy) is 1. The first-order valence-corrected chi connectivity index (χ1v) is 9.26. The highest BCUT2D eigenvalue weighted by Crippen LogP contribution is 2.25. The van der Waals surface area contributed by atoms with Crippen LogP contribution in [-0.4, -0.2) is 46.7 Å². The summed E-state index contributed by atoms with van der Waals surface area (Å²) in [6.45, 7) is 2.14. The van der Waals surface area contributed by atoms with Crippen molar-refractivity contribution in [2.24, 2.45) is 0 Å².